The maximum Gasteiger partial charge on any atom is 0.220 e. The van der Waals surface area contributed by atoms with E-state index in [0.29, 0.717) is 5.90 Å². The number of thioether (sulfide) groups is 1. The summed E-state index contributed by atoms with van der Waals surface area (Å²) in [6, 6.07) is 19.5. The Morgan fingerprint density at radius 1 is 1.05 bits per heavy atom. The van der Waals surface area contributed by atoms with Gasteiger partial charge < -0.3 is 4.74 Å². The van der Waals surface area contributed by atoms with E-state index in [2.05, 4.69) is 11.9 Å². The van der Waals surface area contributed by atoms with Crippen LogP contribution in [0.2, 0.25) is 0 Å². The van der Waals surface area contributed by atoms with Gasteiger partial charge >= 0.3 is 0 Å². The molecule has 2 aromatic carbocycles. The van der Waals surface area contributed by atoms with Gasteiger partial charge in [-0.2, -0.15) is 0 Å². The first-order chi connectivity index (χ1) is 9.88. The Bertz CT molecular complexity index is 564. The fraction of sp³-hybridized carbons (Fsp3) is 0.118. The van der Waals surface area contributed by atoms with Crippen LogP contribution in [0.4, 0.5) is 5.69 Å². The number of benzene rings is 2. The van der Waals surface area contributed by atoms with Crippen molar-refractivity contribution in [3.05, 3.63) is 72.1 Å². The van der Waals surface area contributed by atoms with Crippen molar-refractivity contribution >= 4 is 23.3 Å². The van der Waals surface area contributed by atoms with E-state index >= 15 is 0 Å². The minimum absolute atomic E-state index is 0.586. The number of para-hydroxylation sites is 2. The Morgan fingerprint density at radius 2 is 1.70 bits per heavy atom. The van der Waals surface area contributed by atoms with Gasteiger partial charge in [0, 0.05) is 6.08 Å². The zero-order chi connectivity index (χ0) is 14.0. The summed E-state index contributed by atoms with van der Waals surface area (Å²) in [4.78, 5) is 4.52. The summed E-state index contributed by atoms with van der Waals surface area (Å²) in [7, 11) is 0. The van der Waals surface area contributed by atoms with Gasteiger partial charge in [-0.25, -0.2) is 4.99 Å². The van der Waals surface area contributed by atoms with Gasteiger partial charge in [0.05, 0.1) is 5.69 Å². The van der Waals surface area contributed by atoms with Crippen molar-refractivity contribution in [1.82, 2.24) is 0 Å². The molecule has 2 nitrogen and oxygen atoms in total. The molecule has 0 saturated heterocycles. The van der Waals surface area contributed by atoms with Gasteiger partial charge in [-0.05, 0) is 35.4 Å². The molecule has 0 spiro atoms. The third-order valence-corrected chi connectivity index (χ3v) is 3.10. The smallest absolute Gasteiger partial charge is 0.220 e. The predicted octanol–water partition coefficient (Wildman–Crippen LogP) is 5.06. The van der Waals surface area contributed by atoms with Crippen LogP contribution in [0.1, 0.15) is 6.92 Å². The molecule has 0 aliphatic rings. The lowest BCUT2D eigenvalue weighted by atomic mass is 10.3. The highest BCUT2D eigenvalue weighted by Crippen LogP contribution is 2.15. The van der Waals surface area contributed by atoms with E-state index < -0.39 is 0 Å². The number of nitrogens with zero attached hydrogens (tertiary/aromatic N) is 1. The summed E-state index contributed by atoms with van der Waals surface area (Å²) in [6.07, 6.45) is 1.90. The van der Waals surface area contributed by atoms with Crippen LogP contribution in [0.5, 0.6) is 5.75 Å². The number of hydrogen-bond donors (Lipinski definition) is 0. The quantitative estimate of drug-likeness (QED) is 0.565. The highest BCUT2D eigenvalue weighted by atomic mass is 32.2. The fourth-order valence-corrected chi connectivity index (χ4v) is 1.94. The van der Waals surface area contributed by atoms with Crippen molar-refractivity contribution in [2.75, 3.05) is 5.75 Å². The maximum atomic E-state index is 5.81. The third kappa shape index (κ3) is 4.94. The minimum Gasteiger partial charge on any atom is -0.439 e. The summed E-state index contributed by atoms with van der Waals surface area (Å²) in [5.41, 5.74) is 0.879. The molecule has 0 aromatic heterocycles. The highest BCUT2D eigenvalue weighted by molar-refractivity contribution is 8.02. The van der Waals surface area contributed by atoms with Crippen LogP contribution >= 0.6 is 11.8 Å². The molecule has 0 N–H and O–H groups in total. The first kappa shape index (κ1) is 14.4. The Morgan fingerprint density at radius 3 is 2.35 bits per heavy atom. The average Bonchev–Trinajstić information content (AvgIpc) is 2.49. The fourth-order valence-electron chi connectivity index (χ4n) is 1.54. The van der Waals surface area contributed by atoms with E-state index in [1.54, 1.807) is 11.8 Å². The molecule has 102 valence electrons. The van der Waals surface area contributed by atoms with Crippen molar-refractivity contribution < 1.29 is 4.74 Å². The molecule has 0 unspecified atom stereocenters. The largest absolute Gasteiger partial charge is 0.439 e. The summed E-state index contributed by atoms with van der Waals surface area (Å²) in [5.74, 6) is 2.40. The van der Waals surface area contributed by atoms with Crippen LogP contribution < -0.4 is 4.74 Å². The van der Waals surface area contributed by atoms with Crippen molar-refractivity contribution in [2.45, 2.75) is 6.92 Å². The molecule has 0 amide bonds. The molecule has 0 saturated carbocycles. The number of hydrogen-bond acceptors (Lipinski definition) is 3. The van der Waals surface area contributed by atoms with Crippen molar-refractivity contribution in [3.63, 3.8) is 0 Å². The predicted molar refractivity (Wildman–Crippen MR) is 87.9 cm³/mol. The average molecular weight is 283 g/mol. The Balaban J connectivity index is 2.18. The Labute approximate surface area is 124 Å². The topological polar surface area (TPSA) is 21.6 Å². The van der Waals surface area contributed by atoms with Crippen molar-refractivity contribution in [2.24, 2.45) is 4.99 Å². The van der Waals surface area contributed by atoms with Gasteiger partial charge in [-0.15, -0.1) is 11.8 Å². The van der Waals surface area contributed by atoms with E-state index in [0.717, 1.165) is 17.2 Å². The first-order valence-corrected chi connectivity index (χ1v) is 7.58. The molecule has 0 bridgehead atoms. The normalized spacial score (nSPS) is 11.8. The Hall–Kier alpha value is -2.00. The summed E-state index contributed by atoms with van der Waals surface area (Å²) < 4.78 is 5.81. The zero-order valence-corrected chi connectivity index (χ0v) is 12.2. The molecule has 0 aliphatic carbocycles. The third-order valence-electron chi connectivity index (χ3n) is 2.43. The zero-order valence-electron chi connectivity index (χ0n) is 11.4. The SMILES string of the molecule is CCS/C=C/C(=N/c1ccccc1)Oc1ccccc1. The van der Waals surface area contributed by atoms with E-state index in [4.69, 9.17) is 4.74 Å². The minimum atomic E-state index is 0.586. The molecule has 0 radical (unpaired) electrons. The van der Waals surface area contributed by atoms with Crippen LogP contribution in [0.15, 0.2) is 77.1 Å². The number of ether oxygens (including phenoxy) is 1. The summed E-state index contributed by atoms with van der Waals surface area (Å²) in [6.45, 7) is 2.11. The van der Waals surface area contributed by atoms with Gasteiger partial charge in [0.1, 0.15) is 5.75 Å². The molecule has 20 heavy (non-hydrogen) atoms. The second-order valence-corrected chi connectivity index (χ2v) is 5.14. The molecule has 0 atom stereocenters. The maximum absolute atomic E-state index is 5.81. The van der Waals surface area contributed by atoms with Gasteiger partial charge in [0.2, 0.25) is 5.90 Å². The first-order valence-electron chi connectivity index (χ1n) is 6.53. The second kappa shape index (κ2) is 8.23. The van der Waals surface area contributed by atoms with Gasteiger partial charge in [0.25, 0.3) is 0 Å². The van der Waals surface area contributed by atoms with Crippen LogP contribution in [0, 0.1) is 0 Å². The lowest BCUT2D eigenvalue weighted by Crippen LogP contribution is -2.04. The Kier molecular flexibility index (Phi) is 5.93. The molecule has 0 aliphatic heterocycles. The number of rotatable bonds is 5. The van der Waals surface area contributed by atoms with E-state index in [-0.39, 0.29) is 0 Å². The summed E-state index contributed by atoms with van der Waals surface area (Å²) >= 11 is 1.72. The number of aliphatic imine (C=N–C) groups is 1. The lowest BCUT2D eigenvalue weighted by molar-refractivity contribution is 0.556. The lowest BCUT2D eigenvalue weighted by Gasteiger charge is -2.05. The molecule has 0 fully saturated rings. The molecule has 0 heterocycles. The molecule has 2 aromatic rings. The van der Waals surface area contributed by atoms with E-state index in [1.165, 1.54) is 0 Å². The van der Waals surface area contributed by atoms with Crippen molar-refractivity contribution in [1.29, 1.82) is 0 Å². The molecular formula is C17H17NOS. The second-order valence-electron chi connectivity index (χ2n) is 3.96. The summed E-state index contributed by atoms with van der Waals surface area (Å²) in [5, 5.41) is 2.00. The van der Waals surface area contributed by atoms with Gasteiger partial charge in [-0.3, -0.25) is 0 Å². The standard InChI is InChI=1S/C17H17NOS/c1-2-20-14-13-17(18-15-9-5-3-6-10-15)19-16-11-7-4-8-12-16/h3-14H,2H2,1H3/b14-13+,18-17-. The van der Waals surface area contributed by atoms with E-state index in [1.807, 2.05) is 72.1 Å². The molecule has 2 rings (SSSR count). The highest BCUT2D eigenvalue weighted by Gasteiger charge is 1.99. The van der Waals surface area contributed by atoms with Gasteiger partial charge in [-0.1, -0.05) is 43.3 Å². The van der Waals surface area contributed by atoms with Crippen LogP contribution in [0.25, 0.3) is 0 Å². The van der Waals surface area contributed by atoms with Gasteiger partial charge in [0.15, 0.2) is 0 Å². The van der Waals surface area contributed by atoms with Crippen LogP contribution in [-0.2, 0) is 0 Å². The van der Waals surface area contributed by atoms with Crippen LogP contribution in [-0.4, -0.2) is 11.7 Å². The molecule has 3 heteroatoms. The molecular weight excluding hydrogens is 266 g/mol. The van der Waals surface area contributed by atoms with E-state index in [9.17, 15) is 0 Å². The van der Waals surface area contributed by atoms with Crippen molar-refractivity contribution in [3.8, 4) is 5.75 Å². The monoisotopic (exact) mass is 283 g/mol. The van der Waals surface area contributed by atoms with Crippen LogP contribution in [0.3, 0.4) is 0 Å².